The van der Waals surface area contributed by atoms with Crippen LogP contribution in [0.3, 0.4) is 0 Å². The molecule has 0 amide bonds. The highest BCUT2D eigenvalue weighted by Gasteiger charge is 2.15. The van der Waals surface area contributed by atoms with Crippen LogP contribution in [0.1, 0.15) is 38.8 Å². The third kappa shape index (κ3) is 5.27. The molecule has 0 aromatic heterocycles. The Labute approximate surface area is 123 Å². The third-order valence-electron chi connectivity index (χ3n) is 2.57. The highest BCUT2D eigenvalue weighted by Crippen LogP contribution is 2.27. The molecule has 0 aliphatic carbocycles. The highest BCUT2D eigenvalue weighted by atomic mass is 79.9. The first-order valence-corrected chi connectivity index (χ1v) is 7.51. The molecule has 0 spiro atoms. The summed E-state index contributed by atoms with van der Waals surface area (Å²) in [5.74, 6) is 0. The van der Waals surface area contributed by atoms with E-state index in [4.69, 9.17) is 16.3 Å². The normalized spacial score (nSPS) is 13.0. The largest absolute Gasteiger partial charge is 0.377 e. The Morgan fingerprint density at radius 3 is 2.67 bits per heavy atom. The first-order valence-electron chi connectivity index (χ1n) is 6.34. The standard InChI is InChI=1S/C14H21BrClNO/c1-4-7-17-14(9-18-10(2)3)12-6-5-11(15)8-13(12)16/h5-6,8,10,14,17H,4,7,9H2,1-3H3. The fourth-order valence-electron chi connectivity index (χ4n) is 1.65. The minimum atomic E-state index is 0.146. The predicted octanol–water partition coefficient (Wildman–Crippen LogP) is 4.57. The summed E-state index contributed by atoms with van der Waals surface area (Å²) >= 11 is 9.72. The highest BCUT2D eigenvalue weighted by molar-refractivity contribution is 9.10. The molecular formula is C14H21BrClNO. The number of hydrogen-bond acceptors (Lipinski definition) is 2. The van der Waals surface area contributed by atoms with Gasteiger partial charge in [0.25, 0.3) is 0 Å². The van der Waals surface area contributed by atoms with Crippen molar-refractivity contribution >= 4 is 27.5 Å². The van der Waals surface area contributed by atoms with Crippen molar-refractivity contribution in [3.8, 4) is 0 Å². The molecule has 0 saturated carbocycles. The average molecular weight is 335 g/mol. The van der Waals surface area contributed by atoms with Gasteiger partial charge in [-0.15, -0.1) is 0 Å². The summed E-state index contributed by atoms with van der Waals surface area (Å²) in [6.45, 7) is 7.83. The first kappa shape index (κ1) is 16.0. The Morgan fingerprint density at radius 2 is 2.11 bits per heavy atom. The molecule has 4 heteroatoms. The van der Waals surface area contributed by atoms with E-state index in [-0.39, 0.29) is 12.1 Å². The molecule has 0 aliphatic heterocycles. The minimum Gasteiger partial charge on any atom is -0.377 e. The summed E-state index contributed by atoms with van der Waals surface area (Å²) in [6, 6.07) is 6.13. The number of ether oxygens (including phenoxy) is 1. The van der Waals surface area contributed by atoms with Gasteiger partial charge in [-0.2, -0.15) is 0 Å². The van der Waals surface area contributed by atoms with Gasteiger partial charge in [-0.1, -0.05) is 40.5 Å². The van der Waals surface area contributed by atoms with Crippen molar-refractivity contribution < 1.29 is 4.74 Å². The van der Waals surface area contributed by atoms with Gasteiger partial charge in [-0.25, -0.2) is 0 Å². The van der Waals surface area contributed by atoms with Crippen LogP contribution in [-0.4, -0.2) is 19.3 Å². The van der Waals surface area contributed by atoms with Gasteiger partial charge in [0.15, 0.2) is 0 Å². The van der Waals surface area contributed by atoms with Crippen molar-refractivity contribution in [1.82, 2.24) is 5.32 Å². The topological polar surface area (TPSA) is 21.3 Å². The van der Waals surface area contributed by atoms with Crippen molar-refractivity contribution in [2.75, 3.05) is 13.2 Å². The molecule has 0 fully saturated rings. The van der Waals surface area contributed by atoms with E-state index in [2.05, 4.69) is 28.2 Å². The van der Waals surface area contributed by atoms with E-state index in [1.54, 1.807) is 0 Å². The fourth-order valence-corrected chi connectivity index (χ4v) is 2.46. The van der Waals surface area contributed by atoms with Crippen molar-refractivity contribution in [2.45, 2.75) is 39.3 Å². The molecule has 0 heterocycles. The van der Waals surface area contributed by atoms with Gasteiger partial charge < -0.3 is 10.1 Å². The van der Waals surface area contributed by atoms with Crippen molar-refractivity contribution in [3.63, 3.8) is 0 Å². The molecule has 0 bridgehead atoms. The molecule has 18 heavy (non-hydrogen) atoms. The number of nitrogens with one attached hydrogen (secondary N) is 1. The molecular weight excluding hydrogens is 314 g/mol. The first-order chi connectivity index (χ1) is 8.54. The lowest BCUT2D eigenvalue weighted by atomic mass is 10.1. The maximum atomic E-state index is 6.29. The van der Waals surface area contributed by atoms with E-state index in [0.29, 0.717) is 6.61 Å². The van der Waals surface area contributed by atoms with Gasteiger partial charge in [0.05, 0.1) is 18.8 Å². The lowest BCUT2D eigenvalue weighted by Gasteiger charge is -2.21. The lowest BCUT2D eigenvalue weighted by molar-refractivity contribution is 0.0611. The zero-order chi connectivity index (χ0) is 13.5. The van der Waals surface area contributed by atoms with E-state index in [1.807, 2.05) is 32.0 Å². The average Bonchev–Trinajstić information content (AvgIpc) is 2.30. The summed E-state index contributed by atoms with van der Waals surface area (Å²) in [7, 11) is 0. The van der Waals surface area contributed by atoms with E-state index in [1.165, 1.54) is 0 Å². The quantitative estimate of drug-likeness (QED) is 0.788. The summed E-state index contributed by atoms with van der Waals surface area (Å²) in [6.07, 6.45) is 1.32. The summed E-state index contributed by atoms with van der Waals surface area (Å²) in [4.78, 5) is 0. The van der Waals surface area contributed by atoms with Gasteiger partial charge in [0, 0.05) is 9.50 Å². The smallest absolute Gasteiger partial charge is 0.0665 e. The Balaban J connectivity index is 2.79. The summed E-state index contributed by atoms with van der Waals surface area (Å²) < 4.78 is 6.70. The number of hydrogen-bond donors (Lipinski definition) is 1. The van der Waals surface area contributed by atoms with Crippen molar-refractivity contribution in [3.05, 3.63) is 33.3 Å². The van der Waals surface area contributed by atoms with Crippen LogP contribution >= 0.6 is 27.5 Å². The molecule has 102 valence electrons. The predicted molar refractivity (Wildman–Crippen MR) is 81.3 cm³/mol. The molecule has 1 N–H and O–H groups in total. The minimum absolute atomic E-state index is 0.146. The molecule has 2 nitrogen and oxygen atoms in total. The zero-order valence-corrected chi connectivity index (χ0v) is 13.5. The van der Waals surface area contributed by atoms with Crippen LogP contribution in [0.15, 0.2) is 22.7 Å². The number of rotatable bonds is 7. The Hall–Kier alpha value is -0.0900. The maximum Gasteiger partial charge on any atom is 0.0665 e. The van der Waals surface area contributed by atoms with Crippen LogP contribution < -0.4 is 5.32 Å². The molecule has 1 aromatic carbocycles. The molecule has 1 unspecified atom stereocenters. The molecule has 0 radical (unpaired) electrons. The van der Waals surface area contributed by atoms with E-state index >= 15 is 0 Å². The number of benzene rings is 1. The van der Waals surface area contributed by atoms with E-state index in [9.17, 15) is 0 Å². The van der Waals surface area contributed by atoms with Crippen LogP contribution in [-0.2, 0) is 4.74 Å². The zero-order valence-electron chi connectivity index (χ0n) is 11.2. The van der Waals surface area contributed by atoms with E-state index in [0.717, 1.165) is 28.0 Å². The van der Waals surface area contributed by atoms with Crippen LogP contribution in [0.4, 0.5) is 0 Å². The van der Waals surface area contributed by atoms with Gasteiger partial charge in [-0.3, -0.25) is 0 Å². The Bertz CT molecular complexity index is 371. The maximum absolute atomic E-state index is 6.29. The van der Waals surface area contributed by atoms with Crippen LogP contribution in [0, 0.1) is 0 Å². The fraction of sp³-hybridized carbons (Fsp3) is 0.571. The van der Waals surface area contributed by atoms with Gasteiger partial charge in [0.2, 0.25) is 0 Å². The third-order valence-corrected chi connectivity index (χ3v) is 3.40. The van der Waals surface area contributed by atoms with Gasteiger partial charge >= 0.3 is 0 Å². The molecule has 0 aliphatic rings. The Kier molecular flexibility index (Phi) is 7.23. The summed E-state index contributed by atoms with van der Waals surface area (Å²) in [5, 5.41) is 4.25. The second-order valence-corrected chi connectivity index (χ2v) is 5.88. The van der Waals surface area contributed by atoms with Crippen LogP contribution in [0.25, 0.3) is 0 Å². The van der Waals surface area contributed by atoms with Crippen molar-refractivity contribution in [2.24, 2.45) is 0 Å². The monoisotopic (exact) mass is 333 g/mol. The van der Waals surface area contributed by atoms with Crippen LogP contribution in [0.5, 0.6) is 0 Å². The summed E-state index contributed by atoms with van der Waals surface area (Å²) in [5.41, 5.74) is 1.09. The van der Waals surface area contributed by atoms with Gasteiger partial charge in [-0.05, 0) is 44.5 Å². The SMILES string of the molecule is CCCNC(COC(C)C)c1ccc(Br)cc1Cl. The second kappa shape index (κ2) is 8.16. The molecule has 1 rings (SSSR count). The Morgan fingerprint density at radius 1 is 1.39 bits per heavy atom. The lowest BCUT2D eigenvalue weighted by Crippen LogP contribution is -2.27. The molecule has 1 atom stereocenters. The van der Waals surface area contributed by atoms with Crippen molar-refractivity contribution in [1.29, 1.82) is 0 Å². The molecule has 0 saturated heterocycles. The second-order valence-electron chi connectivity index (χ2n) is 4.55. The number of halogens is 2. The van der Waals surface area contributed by atoms with E-state index < -0.39 is 0 Å². The van der Waals surface area contributed by atoms with Gasteiger partial charge in [0.1, 0.15) is 0 Å². The van der Waals surface area contributed by atoms with Crippen LogP contribution in [0.2, 0.25) is 5.02 Å². The molecule has 1 aromatic rings.